The van der Waals surface area contributed by atoms with E-state index in [1.165, 1.54) is 18.4 Å². The third-order valence-corrected chi connectivity index (χ3v) is 5.26. The predicted molar refractivity (Wildman–Crippen MR) is 118 cm³/mol. The van der Waals surface area contributed by atoms with Crippen molar-refractivity contribution < 1.29 is 0 Å². The summed E-state index contributed by atoms with van der Waals surface area (Å²) < 4.78 is 2.84. The van der Waals surface area contributed by atoms with E-state index in [0.29, 0.717) is 11.8 Å². The molecule has 142 valence electrons. The summed E-state index contributed by atoms with van der Waals surface area (Å²) in [7, 11) is 0. The van der Waals surface area contributed by atoms with E-state index >= 15 is 0 Å². The number of hydrogen-bond donors (Lipinski definition) is 2. The van der Waals surface area contributed by atoms with Crippen LogP contribution >= 0.6 is 15.9 Å². The molecule has 2 N–H and O–H groups in total. The van der Waals surface area contributed by atoms with Crippen LogP contribution in [0.5, 0.6) is 0 Å². The average Bonchev–Trinajstić information content (AvgIpc) is 3.40. The molecule has 0 aliphatic heterocycles. The van der Waals surface area contributed by atoms with E-state index < -0.39 is 0 Å². The largest absolute Gasteiger partial charge is 0.340 e. The van der Waals surface area contributed by atoms with Crippen molar-refractivity contribution in [2.45, 2.75) is 19.8 Å². The molecule has 0 unspecified atom stereocenters. The van der Waals surface area contributed by atoms with Gasteiger partial charge in [-0.1, -0.05) is 24.3 Å². The van der Waals surface area contributed by atoms with Crippen LogP contribution in [-0.2, 0) is 0 Å². The Morgan fingerprint density at radius 1 is 1.21 bits per heavy atom. The molecule has 0 amide bonds. The van der Waals surface area contributed by atoms with E-state index in [1.807, 2.05) is 53.4 Å². The number of aromatic nitrogens is 3. The average molecular weight is 436 g/mol. The normalized spacial score (nSPS) is 14.0. The quantitative estimate of drug-likeness (QED) is 0.443. The fourth-order valence-corrected chi connectivity index (χ4v) is 3.34. The smallest absolute Gasteiger partial charge is 0.229 e. The molecular weight excluding hydrogens is 414 g/mol. The first-order chi connectivity index (χ1) is 13.6. The molecule has 1 fully saturated rings. The zero-order valence-electron chi connectivity index (χ0n) is 15.7. The molecule has 3 aromatic rings. The van der Waals surface area contributed by atoms with Crippen molar-refractivity contribution in [2.75, 3.05) is 10.6 Å². The van der Waals surface area contributed by atoms with Crippen LogP contribution in [0.1, 0.15) is 19.8 Å². The van der Waals surface area contributed by atoms with Crippen LogP contribution in [0.15, 0.2) is 83.4 Å². The highest BCUT2D eigenvalue weighted by Crippen LogP contribution is 2.36. The van der Waals surface area contributed by atoms with E-state index in [-0.39, 0.29) is 0 Å². The summed E-state index contributed by atoms with van der Waals surface area (Å²) in [4.78, 5) is 9.02. The Bertz CT molecular complexity index is 1020. The minimum Gasteiger partial charge on any atom is -0.340 e. The van der Waals surface area contributed by atoms with Gasteiger partial charge in [-0.05, 0) is 72.0 Å². The van der Waals surface area contributed by atoms with Gasteiger partial charge >= 0.3 is 0 Å². The summed E-state index contributed by atoms with van der Waals surface area (Å²) in [6.45, 7) is 6.27. The van der Waals surface area contributed by atoms with Crippen LogP contribution in [0.2, 0.25) is 0 Å². The van der Waals surface area contributed by atoms with Gasteiger partial charge in [-0.2, -0.15) is 4.98 Å². The number of rotatable bonds is 7. The third kappa shape index (κ3) is 4.34. The number of halogens is 1. The summed E-state index contributed by atoms with van der Waals surface area (Å²) in [6.07, 6.45) is 10.4. The van der Waals surface area contributed by atoms with Crippen LogP contribution in [-0.4, -0.2) is 14.5 Å². The number of hydrogen-bond acceptors (Lipinski definition) is 4. The topological polar surface area (TPSA) is 54.8 Å². The zero-order chi connectivity index (χ0) is 19.5. The Morgan fingerprint density at radius 3 is 2.71 bits per heavy atom. The van der Waals surface area contributed by atoms with Crippen molar-refractivity contribution in [3.05, 3.63) is 83.4 Å². The molecule has 0 bridgehead atoms. The van der Waals surface area contributed by atoms with Gasteiger partial charge in [0.15, 0.2) is 0 Å². The molecule has 28 heavy (non-hydrogen) atoms. The van der Waals surface area contributed by atoms with Gasteiger partial charge in [0, 0.05) is 24.3 Å². The van der Waals surface area contributed by atoms with Crippen molar-refractivity contribution >= 4 is 33.4 Å². The second-order valence-corrected chi connectivity index (χ2v) is 7.79. The van der Waals surface area contributed by atoms with Gasteiger partial charge in [0.1, 0.15) is 5.82 Å². The van der Waals surface area contributed by atoms with Gasteiger partial charge in [0.2, 0.25) is 5.95 Å². The van der Waals surface area contributed by atoms with Gasteiger partial charge in [-0.25, -0.2) is 4.98 Å². The molecule has 6 heteroatoms. The second-order valence-electron chi connectivity index (χ2n) is 6.94. The molecule has 1 saturated carbocycles. The minimum absolute atomic E-state index is 0.515. The molecular formula is C22H22BrN5. The molecule has 4 rings (SSSR count). The number of nitrogens with one attached hydrogen (secondary N) is 2. The number of nitrogens with zero attached hydrogens (tertiary/aromatic N) is 3. The fraction of sp³-hybridized carbons (Fsp3) is 0.182. The first-order valence-corrected chi connectivity index (χ1v) is 10.1. The van der Waals surface area contributed by atoms with Crippen molar-refractivity contribution in [3.63, 3.8) is 0 Å². The van der Waals surface area contributed by atoms with Crippen LogP contribution in [0.3, 0.4) is 0 Å². The maximum Gasteiger partial charge on any atom is 0.229 e. The molecule has 0 atom stereocenters. The molecule has 0 spiro atoms. The predicted octanol–water partition coefficient (Wildman–Crippen LogP) is 6.06. The van der Waals surface area contributed by atoms with Crippen molar-refractivity contribution in [2.24, 2.45) is 5.92 Å². The van der Waals surface area contributed by atoms with E-state index in [1.54, 1.807) is 6.20 Å². The lowest BCUT2D eigenvalue weighted by molar-refractivity contribution is 1.00. The number of allylic oxidation sites excluding steroid dienone is 2. The summed E-state index contributed by atoms with van der Waals surface area (Å²) in [5.41, 5.74) is 4.14. The highest BCUT2D eigenvalue weighted by atomic mass is 79.9. The number of anilines is 3. The van der Waals surface area contributed by atoms with Crippen LogP contribution < -0.4 is 10.6 Å². The van der Waals surface area contributed by atoms with Crippen molar-refractivity contribution in [1.29, 1.82) is 0 Å². The van der Waals surface area contributed by atoms with E-state index in [0.717, 1.165) is 27.5 Å². The molecule has 0 saturated heterocycles. The lowest BCUT2D eigenvalue weighted by Crippen LogP contribution is -2.05. The Hall–Kier alpha value is -2.86. The maximum atomic E-state index is 4.62. The van der Waals surface area contributed by atoms with Gasteiger partial charge in [-0.3, -0.25) is 0 Å². The number of para-hydroxylation sites is 2. The Kier molecular flexibility index (Phi) is 5.30. The SMILES string of the molecule is C=C(/C=C(\C)C1CC1)Nc1nc(Nc2ccccc2-n2cccc2)ncc1Br. The van der Waals surface area contributed by atoms with Crippen LogP contribution in [0.25, 0.3) is 5.69 Å². The van der Waals surface area contributed by atoms with Crippen molar-refractivity contribution in [3.8, 4) is 5.69 Å². The van der Waals surface area contributed by atoms with Gasteiger partial charge in [-0.15, -0.1) is 0 Å². The Labute approximate surface area is 173 Å². The van der Waals surface area contributed by atoms with Crippen molar-refractivity contribution in [1.82, 2.24) is 14.5 Å². The fourth-order valence-electron chi connectivity index (χ4n) is 3.05. The Balaban J connectivity index is 1.55. The highest BCUT2D eigenvalue weighted by molar-refractivity contribution is 9.10. The van der Waals surface area contributed by atoms with Gasteiger partial charge in [0.05, 0.1) is 15.8 Å². The molecule has 5 nitrogen and oxygen atoms in total. The minimum atomic E-state index is 0.515. The van der Waals surface area contributed by atoms with Gasteiger partial charge in [0.25, 0.3) is 0 Å². The molecule has 2 heterocycles. The molecule has 2 aromatic heterocycles. The van der Waals surface area contributed by atoms with Gasteiger partial charge < -0.3 is 15.2 Å². The lowest BCUT2D eigenvalue weighted by atomic mass is 10.1. The highest BCUT2D eigenvalue weighted by Gasteiger charge is 2.22. The zero-order valence-corrected chi connectivity index (χ0v) is 17.3. The van der Waals surface area contributed by atoms with E-state index in [9.17, 15) is 0 Å². The monoisotopic (exact) mass is 435 g/mol. The van der Waals surface area contributed by atoms with E-state index in [4.69, 9.17) is 0 Å². The summed E-state index contributed by atoms with van der Waals surface area (Å²) >= 11 is 3.52. The third-order valence-electron chi connectivity index (χ3n) is 4.68. The molecule has 1 aliphatic carbocycles. The summed E-state index contributed by atoms with van der Waals surface area (Å²) in [6, 6.07) is 12.0. The maximum absolute atomic E-state index is 4.62. The summed E-state index contributed by atoms with van der Waals surface area (Å²) in [5.74, 6) is 1.91. The summed E-state index contributed by atoms with van der Waals surface area (Å²) in [5, 5.41) is 6.60. The molecule has 0 radical (unpaired) electrons. The first-order valence-electron chi connectivity index (χ1n) is 9.26. The molecule has 1 aromatic carbocycles. The van der Waals surface area contributed by atoms with Crippen LogP contribution in [0, 0.1) is 5.92 Å². The number of benzene rings is 1. The molecule has 1 aliphatic rings. The van der Waals surface area contributed by atoms with E-state index in [2.05, 4.69) is 56.1 Å². The standard InChI is InChI=1S/C22H22BrN5/c1-15(17-9-10-17)13-16(2)25-21-18(23)14-24-22(27-21)26-19-7-3-4-8-20(19)28-11-5-6-12-28/h3-8,11-14,17H,2,9-10H2,1H3,(H2,24,25,26,27)/b15-13+. The Morgan fingerprint density at radius 2 is 1.96 bits per heavy atom. The van der Waals surface area contributed by atoms with Crippen LogP contribution in [0.4, 0.5) is 17.5 Å². The lowest BCUT2D eigenvalue weighted by Gasteiger charge is -2.14. The first kappa shape index (κ1) is 18.5. The second kappa shape index (κ2) is 8.02.